The number of anilines is 1. The molecule has 2 aromatic rings. The average Bonchev–Trinajstić information content (AvgIpc) is 3.04. The van der Waals surface area contributed by atoms with Crippen molar-refractivity contribution in [2.24, 2.45) is 5.41 Å². The number of aromatic carboxylic acids is 1. The summed E-state index contributed by atoms with van der Waals surface area (Å²) >= 11 is 13.2. The second-order valence-electron chi connectivity index (χ2n) is 7.73. The van der Waals surface area contributed by atoms with Crippen LogP contribution in [0.1, 0.15) is 52.6 Å². The monoisotopic (exact) mass is 467 g/mol. The van der Waals surface area contributed by atoms with E-state index in [0.717, 1.165) is 11.3 Å². The van der Waals surface area contributed by atoms with Gasteiger partial charge in [-0.1, -0.05) is 35.0 Å². The first-order valence-electron chi connectivity index (χ1n) is 9.12. The summed E-state index contributed by atoms with van der Waals surface area (Å²) in [6, 6.07) is 5.73. The van der Waals surface area contributed by atoms with Crippen molar-refractivity contribution in [3.05, 3.63) is 49.6 Å². The molecule has 0 saturated carbocycles. The van der Waals surface area contributed by atoms with Crippen LogP contribution in [0.4, 0.5) is 5.69 Å². The van der Waals surface area contributed by atoms with Gasteiger partial charge in [-0.25, -0.2) is 4.79 Å². The van der Waals surface area contributed by atoms with Gasteiger partial charge in [0.15, 0.2) is 0 Å². The molecule has 1 aromatic carbocycles. The zero-order chi connectivity index (χ0) is 22.6. The second-order valence-corrected chi connectivity index (χ2v) is 9.63. The number of carboxylic acid groups (broad SMARTS) is 1. The molecule has 0 aliphatic carbocycles. The maximum atomic E-state index is 13.4. The van der Waals surface area contributed by atoms with Crippen molar-refractivity contribution in [1.29, 1.82) is 0 Å². The minimum atomic E-state index is -1.14. The summed E-state index contributed by atoms with van der Waals surface area (Å²) in [6.07, 6.45) is 0. The van der Waals surface area contributed by atoms with Crippen LogP contribution in [-0.2, 0) is 4.74 Å². The number of nitrogens with zero attached hydrogens (tertiary/aromatic N) is 1. The van der Waals surface area contributed by atoms with E-state index in [1.54, 1.807) is 19.1 Å². The van der Waals surface area contributed by atoms with E-state index in [-0.39, 0.29) is 33.2 Å². The maximum Gasteiger partial charge on any atom is 0.348 e. The zero-order valence-corrected chi connectivity index (χ0v) is 19.7. The SMILES string of the molecule is COCC(C)N(C(=O)c1ccc(Cl)cc1Cl)c1cc(C#CC(C)(C)C)sc1C(=O)O. The van der Waals surface area contributed by atoms with Crippen molar-refractivity contribution in [1.82, 2.24) is 0 Å². The van der Waals surface area contributed by atoms with Gasteiger partial charge in [0.05, 0.1) is 33.8 Å². The van der Waals surface area contributed by atoms with Gasteiger partial charge in [-0.05, 0) is 52.0 Å². The summed E-state index contributed by atoms with van der Waals surface area (Å²) in [7, 11) is 1.51. The third kappa shape index (κ3) is 5.99. The van der Waals surface area contributed by atoms with Crippen LogP contribution in [0.3, 0.4) is 0 Å². The number of ether oxygens (including phenoxy) is 1. The first-order chi connectivity index (χ1) is 13.9. The van der Waals surface area contributed by atoms with Gasteiger partial charge in [0, 0.05) is 17.5 Å². The largest absolute Gasteiger partial charge is 0.477 e. The molecule has 0 radical (unpaired) electrons. The van der Waals surface area contributed by atoms with Crippen molar-refractivity contribution in [2.75, 3.05) is 18.6 Å². The minimum absolute atomic E-state index is 0.0228. The average molecular weight is 468 g/mol. The lowest BCUT2D eigenvalue weighted by Gasteiger charge is -2.29. The molecular formula is C22H23Cl2NO4S. The van der Waals surface area contributed by atoms with Gasteiger partial charge in [-0.3, -0.25) is 4.79 Å². The Bertz CT molecular complexity index is 1010. The van der Waals surface area contributed by atoms with Gasteiger partial charge >= 0.3 is 5.97 Å². The van der Waals surface area contributed by atoms with Crippen LogP contribution in [0.2, 0.25) is 10.0 Å². The van der Waals surface area contributed by atoms with E-state index in [9.17, 15) is 14.7 Å². The third-order valence-corrected chi connectivity index (χ3v) is 5.53. The summed E-state index contributed by atoms with van der Waals surface area (Å²) in [5.41, 5.74) is 0.226. The van der Waals surface area contributed by atoms with Gasteiger partial charge in [0.25, 0.3) is 5.91 Å². The van der Waals surface area contributed by atoms with Crippen molar-refractivity contribution in [3.8, 4) is 11.8 Å². The summed E-state index contributed by atoms with van der Waals surface area (Å²) < 4.78 is 5.22. The molecule has 5 nitrogen and oxygen atoms in total. The van der Waals surface area contributed by atoms with Crippen LogP contribution in [0.25, 0.3) is 0 Å². The quantitative estimate of drug-likeness (QED) is 0.542. The molecule has 1 aromatic heterocycles. The molecule has 8 heteroatoms. The molecule has 0 aliphatic heterocycles. The Labute approximate surface area is 190 Å². The van der Waals surface area contributed by atoms with E-state index < -0.39 is 17.9 Å². The van der Waals surface area contributed by atoms with Crippen LogP contribution < -0.4 is 4.90 Å². The topological polar surface area (TPSA) is 66.8 Å². The summed E-state index contributed by atoms with van der Waals surface area (Å²) in [4.78, 5) is 27.3. The molecule has 0 saturated heterocycles. The highest BCUT2D eigenvalue weighted by Crippen LogP contribution is 2.34. The molecule has 0 fully saturated rings. The predicted octanol–water partition coefficient (Wildman–Crippen LogP) is 5.83. The number of carbonyl (C=O) groups excluding carboxylic acids is 1. The lowest BCUT2D eigenvalue weighted by Crippen LogP contribution is -2.42. The minimum Gasteiger partial charge on any atom is -0.477 e. The molecule has 1 N–H and O–H groups in total. The highest BCUT2D eigenvalue weighted by molar-refractivity contribution is 7.15. The number of amides is 1. The van der Waals surface area contributed by atoms with Crippen molar-refractivity contribution in [3.63, 3.8) is 0 Å². The van der Waals surface area contributed by atoms with E-state index in [0.29, 0.717) is 9.90 Å². The number of benzene rings is 1. The van der Waals surface area contributed by atoms with E-state index in [1.165, 1.54) is 24.1 Å². The Balaban J connectivity index is 2.63. The fourth-order valence-corrected chi connectivity index (χ4v) is 4.01. The van der Waals surface area contributed by atoms with Gasteiger partial charge < -0.3 is 14.7 Å². The number of hydrogen-bond donors (Lipinski definition) is 1. The fraction of sp³-hybridized carbons (Fsp3) is 0.364. The van der Waals surface area contributed by atoms with Gasteiger partial charge in [0.1, 0.15) is 4.88 Å². The van der Waals surface area contributed by atoms with E-state index in [1.807, 2.05) is 20.8 Å². The van der Waals surface area contributed by atoms with Crippen LogP contribution in [0.5, 0.6) is 0 Å². The number of thiophene rings is 1. The molecule has 1 unspecified atom stereocenters. The van der Waals surface area contributed by atoms with Crippen molar-refractivity contribution >= 4 is 52.1 Å². The van der Waals surface area contributed by atoms with Gasteiger partial charge in [0.2, 0.25) is 0 Å². The lowest BCUT2D eigenvalue weighted by atomic mass is 9.98. The predicted molar refractivity (Wildman–Crippen MR) is 122 cm³/mol. The standard InChI is InChI=1S/C22H23Cl2NO4S/c1-13(12-29-5)25(20(26)16-7-6-14(23)10-17(16)24)18-11-15(8-9-22(2,3)4)30-19(18)21(27)28/h6-7,10-11,13H,12H2,1-5H3,(H,27,28). The Morgan fingerprint density at radius 3 is 2.47 bits per heavy atom. The number of carbonyl (C=O) groups is 2. The number of hydrogen-bond acceptors (Lipinski definition) is 4. The molecule has 0 aliphatic rings. The van der Waals surface area contributed by atoms with E-state index in [2.05, 4.69) is 11.8 Å². The first kappa shape index (κ1) is 24.2. The molecule has 160 valence electrons. The van der Waals surface area contributed by atoms with E-state index >= 15 is 0 Å². The summed E-state index contributed by atoms with van der Waals surface area (Å²) in [5, 5.41) is 10.3. The molecule has 1 amide bonds. The first-order valence-corrected chi connectivity index (χ1v) is 10.7. The zero-order valence-electron chi connectivity index (χ0n) is 17.4. The molecule has 1 atom stereocenters. The molecular weight excluding hydrogens is 445 g/mol. The smallest absolute Gasteiger partial charge is 0.348 e. The number of halogens is 2. The normalized spacial score (nSPS) is 12.1. The number of methoxy groups -OCH3 is 1. The Morgan fingerprint density at radius 2 is 1.93 bits per heavy atom. The molecule has 2 rings (SSSR count). The molecule has 30 heavy (non-hydrogen) atoms. The van der Waals surface area contributed by atoms with Gasteiger partial charge in [-0.15, -0.1) is 11.3 Å². The number of rotatable bonds is 6. The van der Waals surface area contributed by atoms with Crippen LogP contribution >= 0.6 is 34.5 Å². The molecule has 1 heterocycles. The summed E-state index contributed by atoms with van der Waals surface area (Å²) in [6.45, 7) is 7.87. The number of carboxylic acids is 1. The van der Waals surface area contributed by atoms with E-state index in [4.69, 9.17) is 27.9 Å². The molecule has 0 spiro atoms. The van der Waals surface area contributed by atoms with Crippen LogP contribution in [0.15, 0.2) is 24.3 Å². The second kappa shape index (κ2) is 9.84. The van der Waals surface area contributed by atoms with Crippen LogP contribution in [-0.4, -0.2) is 36.7 Å². The maximum absolute atomic E-state index is 13.4. The Kier molecular flexibility index (Phi) is 7.95. The molecule has 0 bridgehead atoms. The highest BCUT2D eigenvalue weighted by atomic mass is 35.5. The Morgan fingerprint density at radius 1 is 1.27 bits per heavy atom. The highest BCUT2D eigenvalue weighted by Gasteiger charge is 2.30. The Hall–Kier alpha value is -2.04. The van der Waals surface area contributed by atoms with Gasteiger partial charge in [-0.2, -0.15) is 0 Å². The lowest BCUT2D eigenvalue weighted by molar-refractivity contribution is 0.0702. The summed E-state index contributed by atoms with van der Waals surface area (Å²) in [5.74, 6) is 4.52. The van der Waals surface area contributed by atoms with Crippen molar-refractivity contribution < 1.29 is 19.4 Å². The van der Waals surface area contributed by atoms with Crippen LogP contribution in [0, 0.1) is 17.3 Å². The third-order valence-electron chi connectivity index (χ3n) is 3.96. The fourth-order valence-electron chi connectivity index (χ4n) is 2.68. The van der Waals surface area contributed by atoms with Crippen molar-refractivity contribution in [2.45, 2.75) is 33.7 Å².